The monoisotopic (exact) mass is 298 g/mol. The molecule has 1 aliphatic heterocycles. The molecule has 4 atom stereocenters. The van der Waals surface area contributed by atoms with E-state index in [1.165, 1.54) is 0 Å². The first-order valence-electron chi connectivity index (χ1n) is 6.27. The maximum Gasteiger partial charge on any atom is 0.172 e. The molecular formula is C13H18N2O4S. The van der Waals surface area contributed by atoms with Gasteiger partial charge in [-0.25, -0.2) is 0 Å². The number of aliphatic hydroxyl groups is 3. The number of hydrogen-bond donors (Lipinski definition) is 5. The Hall–Kier alpha value is -1.25. The molecule has 0 aromatic heterocycles. The predicted octanol–water partition coefficient (Wildman–Crippen LogP) is -0.280. The lowest BCUT2D eigenvalue weighted by Gasteiger charge is -2.35. The summed E-state index contributed by atoms with van der Waals surface area (Å²) < 4.78 is 5.20. The first-order valence-corrected chi connectivity index (χ1v) is 6.68. The van der Waals surface area contributed by atoms with Gasteiger partial charge in [-0.2, -0.15) is 0 Å². The van der Waals surface area contributed by atoms with Crippen LogP contribution in [0.2, 0.25) is 0 Å². The van der Waals surface area contributed by atoms with Crippen LogP contribution in [0.1, 0.15) is 5.56 Å². The quantitative estimate of drug-likeness (QED) is 0.479. The zero-order valence-corrected chi connectivity index (χ0v) is 11.8. The van der Waals surface area contributed by atoms with Gasteiger partial charge in [0.05, 0.1) is 6.61 Å². The minimum atomic E-state index is -1.26. The maximum absolute atomic E-state index is 9.77. The summed E-state index contributed by atoms with van der Waals surface area (Å²) in [6.07, 6.45) is -4.47. The lowest BCUT2D eigenvalue weighted by Crippen LogP contribution is -2.59. The number of hydrogen-bond acceptors (Lipinski definition) is 5. The third kappa shape index (κ3) is 3.65. The van der Waals surface area contributed by atoms with Crippen LogP contribution in [-0.2, 0) is 4.74 Å². The highest BCUT2D eigenvalue weighted by atomic mass is 32.1. The number of aliphatic hydroxyl groups excluding tert-OH is 3. The molecule has 0 amide bonds. The van der Waals surface area contributed by atoms with Gasteiger partial charge in [0.15, 0.2) is 11.3 Å². The van der Waals surface area contributed by atoms with Crippen LogP contribution in [0.5, 0.6) is 0 Å². The summed E-state index contributed by atoms with van der Waals surface area (Å²) in [7, 11) is 0. The topological polar surface area (TPSA) is 94.0 Å². The molecule has 0 aliphatic carbocycles. The van der Waals surface area contributed by atoms with Crippen molar-refractivity contribution in [2.24, 2.45) is 0 Å². The average Bonchev–Trinajstić information content (AvgIpc) is 2.42. The van der Waals surface area contributed by atoms with Crippen molar-refractivity contribution in [1.82, 2.24) is 5.32 Å². The minimum Gasteiger partial charge on any atom is -0.388 e. The van der Waals surface area contributed by atoms with E-state index in [1.54, 1.807) is 0 Å². The summed E-state index contributed by atoms with van der Waals surface area (Å²) in [6, 6.07) is 7.63. The van der Waals surface area contributed by atoms with E-state index in [1.807, 2.05) is 31.2 Å². The highest BCUT2D eigenvalue weighted by Gasteiger charge is 2.37. The van der Waals surface area contributed by atoms with Crippen molar-refractivity contribution in [3.8, 4) is 0 Å². The normalized spacial score (nSPS) is 29.8. The molecule has 7 heteroatoms. The number of rotatable bonds is 2. The summed E-state index contributed by atoms with van der Waals surface area (Å²) in [4.78, 5) is 0. The second-order valence-electron chi connectivity index (χ2n) is 4.77. The fourth-order valence-electron chi connectivity index (χ4n) is 1.87. The van der Waals surface area contributed by atoms with Gasteiger partial charge in [0.1, 0.15) is 18.3 Å². The molecule has 1 heterocycles. The smallest absolute Gasteiger partial charge is 0.172 e. The third-order valence-electron chi connectivity index (χ3n) is 3.08. The van der Waals surface area contributed by atoms with Crippen LogP contribution in [-0.4, -0.2) is 51.6 Å². The molecule has 4 unspecified atom stereocenters. The first kappa shape index (κ1) is 15.1. The predicted molar refractivity (Wildman–Crippen MR) is 78.3 cm³/mol. The van der Waals surface area contributed by atoms with E-state index in [9.17, 15) is 15.3 Å². The van der Waals surface area contributed by atoms with Crippen molar-refractivity contribution in [3.63, 3.8) is 0 Å². The van der Waals surface area contributed by atoms with Crippen LogP contribution in [0.15, 0.2) is 24.3 Å². The second-order valence-corrected chi connectivity index (χ2v) is 5.18. The Morgan fingerprint density at radius 2 is 1.85 bits per heavy atom. The van der Waals surface area contributed by atoms with Gasteiger partial charge in [-0.15, -0.1) is 0 Å². The number of aryl methyl sites for hydroxylation is 1. The van der Waals surface area contributed by atoms with Crippen molar-refractivity contribution in [2.45, 2.75) is 31.5 Å². The van der Waals surface area contributed by atoms with Crippen LogP contribution in [0.25, 0.3) is 0 Å². The molecule has 0 bridgehead atoms. The summed E-state index contributed by atoms with van der Waals surface area (Å²) in [5.74, 6) is 0. The van der Waals surface area contributed by atoms with Crippen LogP contribution < -0.4 is 10.6 Å². The van der Waals surface area contributed by atoms with Gasteiger partial charge in [-0.3, -0.25) is 0 Å². The van der Waals surface area contributed by atoms with E-state index in [-0.39, 0.29) is 11.7 Å². The summed E-state index contributed by atoms with van der Waals surface area (Å²) in [5, 5.41) is 34.7. The molecule has 1 saturated heterocycles. The Labute approximate surface area is 122 Å². The SMILES string of the molecule is Cc1ccc(NC(=S)NC2OCC(O)C(O)C2O)cc1. The molecule has 0 spiro atoms. The van der Waals surface area contributed by atoms with Gasteiger partial charge in [0.25, 0.3) is 0 Å². The Morgan fingerprint density at radius 3 is 2.50 bits per heavy atom. The molecule has 1 aliphatic rings. The Morgan fingerprint density at radius 1 is 1.20 bits per heavy atom. The molecule has 5 N–H and O–H groups in total. The number of nitrogens with one attached hydrogen (secondary N) is 2. The highest BCUT2D eigenvalue weighted by molar-refractivity contribution is 7.80. The fraction of sp³-hybridized carbons (Fsp3) is 0.462. The molecule has 1 aromatic carbocycles. The Bertz CT molecular complexity index is 468. The number of benzene rings is 1. The van der Waals surface area contributed by atoms with Crippen LogP contribution in [0, 0.1) is 6.92 Å². The highest BCUT2D eigenvalue weighted by Crippen LogP contribution is 2.14. The zero-order chi connectivity index (χ0) is 14.7. The minimum absolute atomic E-state index is 0.0664. The molecule has 0 radical (unpaired) electrons. The lowest BCUT2D eigenvalue weighted by atomic mass is 10.0. The zero-order valence-electron chi connectivity index (χ0n) is 11.0. The standard InChI is InChI=1S/C13H18N2O4S/c1-7-2-4-8(5-3-7)14-13(20)15-12-11(18)10(17)9(16)6-19-12/h2-5,9-12,16-18H,6H2,1H3,(H2,14,15,20). The van der Waals surface area contributed by atoms with Crippen molar-refractivity contribution in [3.05, 3.63) is 29.8 Å². The molecule has 6 nitrogen and oxygen atoms in total. The summed E-state index contributed by atoms with van der Waals surface area (Å²) in [6.45, 7) is 1.92. The first-order chi connectivity index (χ1) is 9.47. The Balaban J connectivity index is 1.89. The van der Waals surface area contributed by atoms with E-state index in [4.69, 9.17) is 17.0 Å². The molecule has 0 saturated carbocycles. The number of ether oxygens (including phenoxy) is 1. The fourth-order valence-corrected chi connectivity index (χ4v) is 2.10. The van der Waals surface area contributed by atoms with Crippen LogP contribution in [0.4, 0.5) is 5.69 Å². The van der Waals surface area contributed by atoms with Crippen LogP contribution >= 0.6 is 12.2 Å². The summed E-state index contributed by atoms with van der Waals surface area (Å²) >= 11 is 5.11. The van der Waals surface area contributed by atoms with Gasteiger partial charge in [-0.1, -0.05) is 17.7 Å². The van der Waals surface area contributed by atoms with Crippen molar-refractivity contribution < 1.29 is 20.1 Å². The average molecular weight is 298 g/mol. The van der Waals surface area contributed by atoms with E-state index < -0.39 is 24.5 Å². The van der Waals surface area contributed by atoms with E-state index in [0.717, 1.165) is 11.3 Å². The Kier molecular flexibility index (Phi) is 4.90. The molecule has 2 rings (SSSR count). The molecule has 20 heavy (non-hydrogen) atoms. The molecule has 1 fully saturated rings. The summed E-state index contributed by atoms with van der Waals surface area (Å²) in [5.41, 5.74) is 1.94. The third-order valence-corrected chi connectivity index (χ3v) is 3.30. The number of anilines is 1. The van der Waals surface area contributed by atoms with Gasteiger partial charge < -0.3 is 30.7 Å². The molecular weight excluding hydrogens is 280 g/mol. The molecule has 110 valence electrons. The van der Waals surface area contributed by atoms with Crippen LogP contribution in [0.3, 0.4) is 0 Å². The van der Waals surface area contributed by atoms with E-state index in [0.29, 0.717) is 0 Å². The largest absolute Gasteiger partial charge is 0.388 e. The van der Waals surface area contributed by atoms with Crippen molar-refractivity contribution in [1.29, 1.82) is 0 Å². The van der Waals surface area contributed by atoms with Gasteiger partial charge >= 0.3 is 0 Å². The van der Waals surface area contributed by atoms with Gasteiger partial charge in [-0.05, 0) is 31.3 Å². The van der Waals surface area contributed by atoms with E-state index >= 15 is 0 Å². The maximum atomic E-state index is 9.77. The van der Waals surface area contributed by atoms with E-state index in [2.05, 4.69) is 10.6 Å². The van der Waals surface area contributed by atoms with Gasteiger partial charge in [0.2, 0.25) is 0 Å². The van der Waals surface area contributed by atoms with Gasteiger partial charge in [0, 0.05) is 5.69 Å². The van der Waals surface area contributed by atoms with Crippen molar-refractivity contribution >= 4 is 23.0 Å². The molecule has 1 aromatic rings. The lowest BCUT2D eigenvalue weighted by molar-refractivity contribution is -0.190. The second kappa shape index (κ2) is 6.47. The number of thiocarbonyl (C=S) groups is 1. The van der Waals surface area contributed by atoms with Crippen molar-refractivity contribution in [2.75, 3.05) is 11.9 Å².